The van der Waals surface area contributed by atoms with Crippen LogP contribution in [-0.2, 0) is 4.74 Å². The SMILES string of the molecule is Cc1cc(Nc2ccnc(NC3CCC(OC(N)=O)CC3)n2)n[nH]1. The third-order valence-corrected chi connectivity index (χ3v) is 3.91. The van der Waals surface area contributed by atoms with E-state index in [9.17, 15) is 4.79 Å². The molecule has 9 heteroatoms. The van der Waals surface area contributed by atoms with Gasteiger partial charge < -0.3 is 21.1 Å². The third kappa shape index (κ3) is 4.34. The molecule has 2 aromatic rings. The van der Waals surface area contributed by atoms with E-state index in [-0.39, 0.29) is 12.1 Å². The van der Waals surface area contributed by atoms with E-state index in [1.807, 2.05) is 13.0 Å². The van der Waals surface area contributed by atoms with Crippen LogP contribution in [0.1, 0.15) is 31.4 Å². The van der Waals surface area contributed by atoms with Gasteiger partial charge in [-0.1, -0.05) is 0 Å². The fourth-order valence-corrected chi connectivity index (χ4v) is 2.78. The van der Waals surface area contributed by atoms with Gasteiger partial charge in [0, 0.05) is 24.0 Å². The van der Waals surface area contributed by atoms with Crippen LogP contribution in [-0.4, -0.2) is 38.4 Å². The van der Waals surface area contributed by atoms with Crippen molar-refractivity contribution in [1.82, 2.24) is 20.2 Å². The van der Waals surface area contributed by atoms with Crippen molar-refractivity contribution in [2.45, 2.75) is 44.8 Å². The zero-order valence-electron chi connectivity index (χ0n) is 13.5. The van der Waals surface area contributed by atoms with E-state index >= 15 is 0 Å². The molecule has 0 saturated heterocycles. The molecule has 1 amide bonds. The average Bonchev–Trinajstić information content (AvgIpc) is 2.94. The molecule has 24 heavy (non-hydrogen) atoms. The van der Waals surface area contributed by atoms with Gasteiger partial charge in [-0.15, -0.1) is 0 Å². The number of hydrogen-bond acceptors (Lipinski definition) is 7. The van der Waals surface area contributed by atoms with Gasteiger partial charge in [0.25, 0.3) is 0 Å². The van der Waals surface area contributed by atoms with Gasteiger partial charge in [0.05, 0.1) is 0 Å². The number of carbonyl (C=O) groups is 1. The van der Waals surface area contributed by atoms with Crippen LogP contribution in [0.4, 0.5) is 22.4 Å². The Balaban J connectivity index is 1.54. The van der Waals surface area contributed by atoms with Gasteiger partial charge in [-0.25, -0.2) is 9.78 Å². The number of H-pyrrole nitrogens is 1. The number of carbonyl (C=O) groups excluding carboxylic acids is 1. The quantitative estimate of drug-likeness (QED) is 0.659. The van der Waals surface area contributed by atoms with Gasteiger partial charge in [0.1, 0.15) is 11.9 Å². The fraction of sp³-hybridized carbons (Fsp3) is 0.467. The lowest BCUT2D eigenvalue weighted by Crippen LogP contribution is -2.32. The maximum Gasteiger partial charge on any atom is 0.404 e. The maximum absolute atomic E-state index is 10.8. The van der Waals surface area contributed by atoms with Crippen LogP contribution in [0.2, 0.25) is 0 Å². The number of aromatic amines is 1. The Bertz CT molecular complexity index is 695. The van der Waals surface area contributed by atoms with Crippen molar-refractivity contribution < 1.29 is 9.53 Å². The summed E-state index contributed by atoms with van der Waals surface area (Å²) in [6.07, 6.45) is 4.21. The summed E-state index contributed by atoms with van der Waals surface area (Å²) in [6, 6.07) is 3.93. The minimum absolute atomic E-state index is 0.0858. The standard InChI is InChI=1S/C15H21N7O2/c1-9-8-13(22-21-9)19-12-6-7-17-15(20-12)18-10-2-4-11(5-3-10)24-14(16)23/h6-8,10-11H,2-5H2,1H3,(H2,16,23)(H3,17,18,19,20,21,22). The van der Waals surface area contributed by atoms with Crippen LogP contribution in [0.15, 0.2) is 18.3 Å². The van der Waals surface area contributed by atoms with Crippen LogP contribution in [0.25, 0.3) is 0 Å². The Morgan fingerprint density at radius 3 is 2.79 bits per heavy atom. The number of nitrogens with two attached hydrogens (primary N) is 1. The first-order valence-electron chi connectivity index (χ1n) is 7.93. The van der Waals surface area contributed by atoms with E-state index in [0.717, 1.165) is 31.4 Å². The van der Waals surface area contributed by atoms with E-state index in [2.05, 4.69) is 30.8 Å². The summed E-state index contributed by atoms with van der Waals surface area (Å²) in [5, 5.41) is 13.4. The van der Waals surface area contributed by atoms with Crippen molar-refractivity contribution in [3.8, 4) is 0 Å². The van der Waals surface area contributed by atoms with Gasteiger partial charge in [-0.2, -0.15) is 10.1 Å². The Kier molecular flexibility index (Phi) is 4.78. The normalized spacial score (nSPS) is 20.4. The lowest BCUT2D eigenvalue weighted by atomic mass is 9.93. The molecule has 5 N–H and O–H groups in total. The fourth-order valence-electron chi connectivity index (χ4n) is 2.78. The highest BCUT2D eigenvalue weighted by molar-refractivity contribution is 5.64. The Labute approximate surface area is 139 Å². The van der Waals surface area contributed by atoms with Crippen LogP contribution < -0.4 is 16.4 Å². The molecule has 0 aliphatic heterocycles. The van der Waals surface area contributed by atoms with Gasteiger partial charge in [-0.3, -0.25) is 5.10 Å². The van der Waals surface area contributed by atoms with Crippen LogP contribution in [0, 0.1) is 6.92 Å². The predicted octanol–water partition coefficient (Wildman–Crippen LogP) is 2.07. The average molecular weight is 331 g/mol. The van der Waals surface area contributed by atoms with Crippen molar-refractivity contribution in [2.24, 2.45) is 5.73 Å². The summed E-state index contributed by atoms with van der Waals surface area (Å²) in [4.78, 5) is 19.5. The third-order valence-electron chi connectivity index (χ3n) is 3.91. The molecule has 0 aromatic carbocycles. The minimum Gasteiger partial charge on any atom is -0.446 e. The van der Waals surface area contributed by atoms with E-state index in [1.165, 1.54) is 0 Å². The van der Waals surface area contributed by atoms with Crippen molar-refractivity contribution in [1.29, 1.82) is 0 Å². The first-order chi connectivity index (χ1) is 11.6. The molecule has 128 valence electrons. The second kappa shape index (κ2) is 7.16. The molecule has 0 unspecified atom stereocenters. The van der Waals surface area contributed by atoms with Gasteiger partial charge in [-0.05, 0) is 38.7 Å². The summed E-state index contributed by atoms with van der Waals surface area (Å²) in [7, 11) is 0. The molecular formula is C15H21N7O2. The first kappa shape index (κ1) is 16.0. The van der Waals surface area contributed by atoms with Gasteiger partial charge >= 0.3 is 6.09 Å². The van der Waals surface area contributed by atoms with Crippen molar-refractivity contribution in [2.75, 3.05) is 10.6 Å². The van der Waals surface area contributed by atoms with Crippen LogP contribution in [0.5, 0.6) is 0 Å². The minimum atomic E-state index is -0.706. The van der Waals surface area contributed by atoms with E-state index in [0.29, 0.717) is 17.6 Å². The lowest BCUT2D eigenvalue weighted by molar-refractivity contribution is 0.0805. The highest BCUT2D eigenvalue weighted by Gasteiger charge is 2.23. The number of aromatic nitrogens is 4. The number of primary amides is 1. The molecule has 0 radical (unpaired) electrons. The highest BCUT2D eigenvalue weighted by atomic mass is 16.6. The number of ether oxygens (including phenoxy) is 1. The molecule has 0 bridgehead atoms. The number of rotatable bonds is 5. The molecule has 9 nitrogen and oxygen atoms in total. The van der Waals surface area contributed by atoms with Crippen molar-refractivity contribution in [3.05, 3.63) is 24.0 Å². The maximum atomic E-state index is 10.8. The predicted molar refractivity (Wildman–Crippen MR) is 89.0 cm³/mol. The molecule has 1 aliphatic carbocycles. The van der Waals surface area contributed by atoms with Crippen LogP contribution in [0.3, 0.4) is 0 Å². The van der Waals surface area contributed by atoms with Gasteiger partial charge in [0.15, 0.2) is 5.82 Å². The summed E-state index contributed by atoms with van der Waals surface area (Å²) in [5.41, 5.74) is 6.02. The summed E-state index contributed by atoms with van der Waals surface area (Å²) < 4.78 is 5.04. The number of amides is 1. The highest BCUT2D eigenvalue weighted by Crippen LogP contribution is 2.23. The molecule has 2 heterocycles. The Morgan fingerprint density at radius 2 is 2.12 bits per heavy atom. The number of hydrogen-bond donors (Lipinski definition) is 4. The smallest absolute Gasteiger partial charge is 0.404 e. The number of anilines is 3. The molecule has 2 aromatic heterocycles. The summed E-state index contributed by atoms with van der Waals surface area (Å²) >= 11 is 0. The number of nitrogens with one attached hydrogen (secondary N) is 3. The van der Waals surface area contributed by atoms with Crippen LogP contribution >= 0.6 is 0 Å². The second-order valence-corrected chi connectivity index (χ2v) is 5.88. The molecule has 0 spiro atoms. The summed E-state index contributed by atoms with van der Waals surface area (Å²) in [5.74, 6) is 1.94. The largest absolute Gasteiger partial charge is 0.446 e. The van der Waals surface area contributed by atoms with E-state index < -0.39 is 6.09 Å². The van der Waals surface area contributed by atoms with E-state index in [1.54, 1.807) is 12.3 Å². The molecular weight excluding hydrogens is 310 g/mol. The molecule has 0 atom stereocenters. The van der Waals surface area contributed by atoms with Crippen molar-refractivity contribution in [3.63, 3.8) is 0 Å². The van der Waals surface area contributed by atoms with Gasteiger partial charge in [0.2, 0.25) is 5.95 Å². The summed E-state index contributed by atoms with van der Waals surface area (Å²) in [6.45, 7) is 1.93. The Morgan fingerprint density at radius 1 is 1.33 bits per heavy atom. The molecule has 1 aliphatic rings. The first-order valence-corrected chi connectivity index (χ1v) is 7.93. The number of nitrogens with zero attached hydrogens (tertiary/aromatic N) is 3. The Hall–Kier alpha value is -2.84. The zero-order valence-corrected chi connectivity index (χ0v) is 13.5. The monoisotopic (exact) mass is 331 g/mol. The zero-order chi connectivity index (χ0) is 16.9. The topological polar surface area (TPSA) is 131 Å². The van der Waals surface area contributed by atoms with Crippen molar-refractivity contribution >= 4 is 23.7 Å². The number of aryl methyl sites for hydroxylation is 1. The molecule has 3 rings (SSSR count). The molecule has 1 saturated carbocycles. The molecule has 1 fully saturated rings. The van der Waals surface area contributed by atoms with E-state index in [4.69, 9.17) is 10.5 Å². The second-order valence-electron chi connectivity index (χ2n) is 5.88. The lowest BCUT2D eigenvalue weighted by Gasteiger charge is -2.28.